The first kappa shape index (κ1) is 21.0. The van der Waals surface area contributed by atoms with Gasteiger partial charge in [0.05, 0.1) is 5.39 Å². The molecule has 0 saturated carbocycles. The largest absolute Gasteiger partial charge is 0.356 e. The summed E-state index contributed by atoms with van der Waals surface area (Å²) < 4.78 is 0. The van der Waals surface area contributed by atoms with Gasteiger partial charge < -0.3 is 9.80 Å². The first-order valence-corrected chi connectivity index (χ1v) is 11.5. The van der Waals surface area contributed by atoms with Crippen LogP contribution in [-0.4, -0.2) is 47.5 Å². The Morgan fingerprint density at radius 2 is 2.04 bits per heavy atom. The molecule has 28 heavy (non-hydrogen) atoms. The second kappa shape index (κ2) is 9.21. The van der Waals surface area contributed by atoms with E-state index >= 15 is 0 Å². The zero-order valence-electron chi connectivity index (χ0n) is 18.0. The number of carbonyl (C=O) groups is 1. The van der Waals surface area contributed by atoms with Crippen LogP contribution in [0.25, 0.3) is 10.2 Å². The molecule has 0 unspecified atom stereocenters. The van der Waals surface area contributed by atoms with Crippen LogP contribution in [0.4, 0.5) is 5.82 Å². The second-order valence-electron chi connectivity index (χ2n) is 8.51. The topological polar surface area (TPSA) is 49.3 Å². The van der Waals surface area contributed by atoms with Gasteiger partial charge in [-0.15, -0.1) is 11.3 Å². The minimum absolute atomic E-state index is 0.147. The number of carbonyl (C=O) groups excluding carboxylic acids is 1. The first-order chi connectivity index (χ1) is 13.4. The first-order valence-electron chi connectivity index (χ1n) is 10.6. The van der Waals surface area contributed by atoms with Crippen molar-refractivity contribution in [1.82, 2.24) is 14.9 Å². The van der Waals surface area contributed by atoms with Crippen LogP contribution in [0.1, 0.15) is 57.8 Å². The lowest BCUT2D eigenvalue weighted by atomic mass is 9.95. The van der Waals surface area contributed by atoms with E-state index in [-0.39, 0.29) is 5.92 Å². The van der Waals surface area contributed by atoms with Gasteiger partial charge in [-0.05, 0) is 49.5 Å². The van der Waals surface area contributed by atoms with E-state index in [9.17, 15) is 4.79 Å². The average molecular weight is 403 g/mol. The minimum atomic E-state index is 0.147. The van der Waals surface area contributed by atoms with E-state index in [1.165, 1.54) is 10.9 Å². The summed E-state index contributed by atoms with van der Waals surface area (Å²) in [5.41, 5.74) is 1.36. The number of hydrogen-bond donors (Lipinski definition) is 0. The van der Waals surface area contributed by atoms with Gasteiger partial charge >= 0.3 is 0 Å². The van der Waals surface area contributed by atoms with Crippen molar-refractivity contribution >= 4 is 33.3 Å². The number of anilines is 1. The van der Waals surface area contributed by atoms with Crippen LogP contribution < -0.4 is 4.90 Å². The molecule has 1 aliphatic heterocycles. The monoisotopic (exact) mass is 402 g/mol. The molecule has 154 valence electrons. The molecule has 1 fully saturated rings. The Labute approximate surface area is 173 Å². The van der Waals surface area contributed by atoms with Crippen molar-refractivity contribution in [2.24, 2.45) is 11.8 Å². The molecule has 0 aliphatic carbocycles. The molecule has 2 aromatic rings. The van der Waals surface area contributed by atoms with Gasteiger partial charge in [0.25, 0.3) is 0 Å². The number of nitrogens with zero attached hydrogens (tertiary/aromatic N) is 4. The van der Waals surface area contributed by atoms with Crippen LogP contribution in [0, 0.1) is 18.8 Å². The highest BCUT2D eigenvalue weighted by Crippen LogP contribution is 2.35. The van der Waals surface area contributed by atoms with Crippen LogP contribution in [0.15, 0.2) is 5.38 Å². The van der Waals surface area contributed by atoms with Gasteiger partial charge in [-0.3, -0.25) is 4.79 Å². The van der Waals surface area contributed by atoms with Crippen LogP contribution >= 0.6 is 11.3 Å². The van der Waals surface area contributed by atoms with Crippen molar-refractivity contribution in [2.45, 2.75) is 59.8 Å². The number of unbranched alkanes of at least 4 members (excludes halogenated alkanes) is 1. The number of fused-ring (bicyclic) bond motifs is 1. The van der Waals surface area contributed by atoms with Crippen LogP contribution in [0.5, 0.6) is 0 Å². The Hall–Kier alpha value is -1.69. The van der Waals surface area contributed by atoms with Gasteiger partial charge in [-0.25, -0.2) is 9.97 Å². The fourth-order valence-electron chi connectivity index (χ4n) is 4.06. The smallest absolute Gasteiger partial charge is 0.225 e. The molecule has 3 heterocycles. The predicted octanol–water partition coefficient (Wildman–Crippen LogP) is 4.67. The molecule has 2 aromatic heterocycles. The lowest BCUT2D eigenvalue weighted by Crippen LogP contribution is -2.42. The quantitative estimate of drug-likeness (QED) is 0.675. The molecular weight excluding hydrogens is 368 g/mol. The molecule has 1 amide bonds. The van der Waals surface area contributed by atoms with Crippen LogP contribution in [-0.2, 0) is 11.2 Å². The molecule has 0 radical (unpaired) electrons. The van der Waals surface area contributed by atoms with Gasteiger partial charge in [-0.2, -0.15) is 0 Å². The third kappa shape index (κ3) is 4.65. The number of amides is 1. The Morgan fingerprint density at radius 3 is 2.68 bits per heavy atom. The molecule has 0 bridgehead atoms. The number of hydrogen-bond acceptors (Lipinski definition) is 5. The highest BCUT2D eigenvalue weighted by atomic mass is 32.1. The predicted molar refractivity (Wildman–Crippen MR) is 118 cm³/mol. The average Bonchev–Trinajstić information content (AvgIpc) is 3.06. The van der Waals surface area contributed by atoms with Gasteiger partial charge in [0, 0.05) is 32.6 Å². The number of rotatable bonds is 7. The highest BCUT2D eigenvalue weighted by Gasteiger charge is 2.29. The Morgan fingerprint density at radius 1 is 1.32 bits per heavy atom. The normalized spacial score (nSPS) is 15.6. The zero-order chi connectivity index (χ0) is 20.3. The van der Waals surface area contributed by atoms with Crippen molar-refractivity contribution in [1.29, 1.82) is 0 Å². The third-order valence-corrected chi connectivity index (χ3v) is 6.52. The van der Waals surface area contributed by atoms with Crippen molar-refractivity contribution in [3.8, 4) is 0 Å². The third-order valence-electron chi connectivity index (χ3n) is 5.60. The van der Waals surface area contributed by atoms with Crippen molar-refractivity contribution < 1.29 is 4.79 Å². The molecule has 0 N–H and O–H groups in total. The summed E-state index contributed by atoms with van der Waals surface area (Å²) in [4.78, 5) is 27.6. The van der Waals surface area contributed by atoms with Gasteiger partial charge in [-0.1, -0.05) is 27.2 Å². The van der Waals surface area contributed by atoms with E-state index in [0.29, 0.717) is 11.8 Å². The van der Waals surface area contributed by atoms with E-state index < -0.39 is 0 Å². The van der Waals surface area contributed by atoms with Crippen molar-refractivity contribution in [3.05, 3.63) is 16.8 Å². The summed E-state index contributed by atoms with van der Waals surface area (Å²) in [5, 5.41) is 3.48. The number of aryl methyl sites for hydroxylation is 1. The summed E-state index contributed by atoms with van der Waals surface area (Å²) in [6, 6.07) is 0. The highest BCUT2D eigenvalue weighted by molar-refractivity contribution is 7.17. The maximum Gasteiger partial charge on any atom is 0.225 e. The molecule has 1 aliphatic rings. The zero-order valence-corrected chi connectivity index (χ0v) is 18.8. The SMILES string of the molecule is CCCCN(C)C(=O)C1CCN(c2nc(C)nc3scc(CC(C)C)c23)CC1. The van der Waals surface area contributed by atoms with Gasteiger partial charge in [0.1, 0.15) is 16.5 Å². The van der Waals surface area contributed by atoms with Crippen molar-refractivity contribution in [2.75, 3.05) is 31.6 Å². The summed E-state index contributed by atoms with van der Waals surface area (Å²) >= 11 is 1.73. The molecule has 0 aromatic carbocycles. The van der Waals surface area contributed by atoms with Gasteiger partial charge in [0.15, 0.2) is 0 Å². The molecule has 0 atom stereocenters. The lowest BCUT2D eigenvalue weighted by molar-refractivity contribution is -0.134. The van der Waals surface area contributed by atoms with Crippen molar-refractivity contribution in [3.63, 3.8) is 0 Å². The Bertz CT molecular complexity index is 808. The van der Waals surface area contributed by atoms with E-state index in [0.717, 1.165) is 68.2 Å². The maximum atomic E-state index is 12.7. The van der Waals surface area contributed by atoms with Gasteiger partial charge in [0.2, 0.25) is 5.91 Å². The molecule has 6 heteroatoms. The summed E-state index contributed by atoms with van der Waals surface area (Å²) in [5.74, 6) is 2.97. The van der Waals surface area contributed by atoms with E-state index in [4.69, 9.17) is 4.98 Å². The number of aromatic nitrogens is 2. The summed E-state index contributed by atoms with van der Waals surface area (Å²) in [6.45, 7) is 11.3. The fraction of sp³-hybridized carbons (Fsp3) is 0.682. The Balaban J connectivity index is 1.76. The molecule has 3 rings (SSSR count). The lowest BCUT2D eigenvalue weighted by Gasteiger charge is -2.34. The fourth-order valence-corrected chi connectivity index (χ4v) is 5.05. The van der Waals surface area contributed by atoms with Crippen LogP contribution in [0.3, 0.4) is 0 Å². The molecular formula is C22H34N4OS. The van der Waals surface area contributed by atoms with E-state index in [1.807, 2.05) is 18.9 Å². The van der Waals surface area contributed by atoms with E-state index in [2.05, 4.69) is 36.0 Å². The second-order valence-corrected chi connectivity index (χ2v) is 9.37. The molecule has 5 nitrogen and oxygen atoms in total. The number of piperidine rings is 1. The number of thiophene rings is 1. The Kier molecular flexibility index (Phi) is 6.91. The van der Waals surface area contributed by atoms with Crippen LogP contribution in [0.2, 0.25) is 0 Å². The molecule has 1 saturated heterocycles. The summed E-state index contributed by atoms with van der Waals surface area (Å²) in [7, 11) is 1.95. The maximum absolute atomic E-state index is 12.7. The molecule has 0 spiro atoms. The minimum Gasteiger partial charge on any atom is -0.356 e. The summed E-state index contributed by atoms with van der Waals surface area (Å²) in [6.07, 6.45) is 5.07. The standard InChI is InChI=1S/C22H34N4OS/c1-6-7-10-25(5)22(27)17-8-11-26(12-9-17)20-19-18(13-15(2)3)14-28-21(19)24-16(4)23-20/h14-15,17H,6-13H2,1-5H3. The van der Waals surface area contributed by atoms with E-state index in [1.54, 1.807) is 11.3 Å².